The van der Waals surface area contributed by atoms with Crippen LogP contribution in [0.15, 0.2) is 48.6 Å². The van der Waals surface area contributed by atoms with E-state index in [0.29, 0.717) is 17.4 Å². The number of phosphoric acid groups is 1. The van der Waals surface area contributed by atoms with Gasteiger partial charge >= 0.3 is 0 Å². The van der Waals surface area contributed by atoms with Crippen molar-refractivity contribution < 1.29 is 32.9 Å². The zero-order chi connectivity index (χ0) is 59.8. The summed E-state index contributed by atoms with van der Waals surface area (Å²) in [6.07, 6.45) is 86.9. The van der Waals surface area contributed by atoms with E-state index in [1.54, 1.807) is 6.08 Å². The van der Waals surface area contributed by atoms with Crippen molar-refractivity contribution in [3.05, 3.63) is 48.6 Å². The summed E-state index contributed by atoms with van der Waals surface area (Å²) in [5, 5.41) is 13.9. The monoisotopic (exact) mass is 1170 g/mol. The molecule has 0 aliphatic heterocycles. The molecule has 0 aromatic rings. The first-order chi connectivity index (χ1) is 40.0. The van der Waals surface area contributed by atoms with Gasteiger partial charge in [-0.1, -0.05) is 332 Å². The molecular formula is C73H141N2O6P. The zero-order valence-corrected chi connectivity index (χ0v) is 56.4. The molecule has 1 amide bonds. The third-order valence-electron chi connectivity index (χ3n) is 16.5. The summed E-state index contributed by atoms with van der Waals surface area (Å²) >= 11 is 0. The third-order valence-corrected chi connectivity index (χ3v) is 17.5. The summed E-state index contributed by atoms with van der Waals surface area (Å²) in [7, 11) is 1.25. The highest BCUT2D eigenvalue weighted by Gasteiger charge is 2.23. The van der Waals surface area contributed by atoms with Gasteiger partial charge in [-0.25, -0.2) is 0 Å². The minimum atomic E-state index is -4.61. The summed E-state index contributed by atoms with van der Waals surface area (Å²) in [6, 6.07) is -0.911. The molecule has 0 aliphatic carbocycles. The van der Waals surface area contributed by atoms with Crippen molar-refractivity contribution in [2.45, 2.75) is 373 Å². The summed E-state index contributed by atoms with van der Waals surface area (Å²) in [5.41, 5.74) is 0. The van der Waals surface area contributed by atoms with Crippen LogP contribution in [0.5, 0.6) is 0 Å². The van der Waals surface area contributed by atoms with E-state index >= 15 is 0 Å². The predicted octanol–water partition coefficient (Wildman–Crippen LogP) is 22.4. The number of quaternary nitrogens is 1. The van der Waals surface area contributed by atoms with Gasteiger partial charge in [0.25, 0.3) is 7.82 Å². The number of nitrogens with one attached hydrogen (secondary N) is 1. The number of hydrogen-bond donors (Lipinski definition) is 2. The number of unbranched alkanes of at least 4 members (excludes halogenated alkanes) is 48. The Morgan fingerprint density at radius 2 is 0.683 bits per heavy atom. The van der Waals surface area contributed by atoms with Gasteiger partial charge in [-0.3, -0.25) is 9.36 Å². The Morgan fingerprint density at radius 3 is 0.988 bits per heavy atom. The lowest BCUT2D eigenvalue weighted by Gasteiger charge is -2.29. The number of aliphatic hydroxyl groups excluding tert-OH is 1. The average Bonchev–Trinajstić information content (AvgIpc) is 3.47. The molecule has 8 nitrogen and oxygen atoms in total. The highest BCUT2D eigenvalue weighted by atomic mass is 31.2. The number of likely N-dealkylation sites (N-methyl/N-ethyl adjacent to an activating group) is 1. The minimum Gasteiger partial charge on any atom is -0.756 e. The number of rotatable bonds is 67. The lowest BCUT2D eigenvalue weighted by Crippen LogP contribution is -2.45. The second kappa shape index (κ2) is 63.9. The van der Waals surface area contributed by atoms with Crippen molar-refractivity contribution in [1.29, 1.82) is 0 Å². The number of hydrogen-bond acceptors (Lipinski definition) is 6. The lowest BCUT2D eigenvalue weighted by molar-refractivity contribution is -0.870. The molecule has 0 rings (SSSR count). The summed E-state index contributed by atoms with van der Waals surface area (Å²) < 4.78 is 23.4. The Kier molecular flexibility index (Phi) is 62.7. The quantitative estimate of drug-likeness (QED) is 0.0272. The number of carbonyl (C=O) groups excluding carboxylic acids is 1. The highest BCUT2D eigenvalue weighted by Crippen LogP contribution is 2.38. The van der Waals surface area contributed by atoms with Crippen LogP contribution in [0.2, 0.25) is 0 Å². The van der Waals surface area contributed by atoms with Gasteiger partial charge in [0.15, 0.2) is 0 Å². The summed E-state index contributed by atoms with van der Waals surface area (Å²) in [5.74, 6) is -0.206. The van der Waals surface area contributed by atoms with Crippen LogP contribution in [-0.2, 0) is 18.4 Å². The van der Waals surface area contributed by atoms with E-state index in [9.17, 15) is 19.4 Å². The zero-order valence-electron chi connectivity index (χ0n) is 55.5. The number of allylic oxidation sites excluding steroid dienone is 7. The molecule has 0 aromatic heterocycles. The molecule has 0 radical (unpaired) electrons. The van der Waals surface area contributed by atoms with Crippen molar-refractivity contribution >= 4 is 13.7 Å². The van der Waals surface area contributed by atoms with Crippen molar-refractivity contribution in [3.8, 4) is 0 Å². The average molecular weight is 1170 g/mol. The first kappa shape index (κ1) is 80.5. The van der Waals surface area contributed by atoms with Crippen LogP contribution >= 0.6 is 7.82 Å². The molecule has 0 bridgehead atoms. The van der Waals surface area contributed by atoms with E-state index in [2.05, 4.69) is 55.6 Å². The summed E-state index contributed by atoms with van der Waals surface area (Å²) in [6.45, 7) is 4.67. The van der Waals surface area contributed by atoms with E-state index in [-0.39, 0.29) is 12.5 Å². The molecule has 0 spiro atoms. The Hall–Kier alpha value is -1.54. The second-order valence-corrected chi connectivity index (χ2v) is 27.3. The largest absolute Gasteiger partial charge is 0.756 e. The van der Waals surface area contributed by atoms with E-state index in [1.807, 2.05) is 27.2 Å². The van der Waals surface area contributed by atoms with E-state index < -0.39 is 26.6 Å². The molecule has 3 atom stereocenters. The van der Waals surface area contributed by atoms with Crippen LogP contribution in [-0.4, -0.2) is 68.5 Å². The standard InChI is InChI=1S/C73H141N2O6P/c1-6-8-10-12-14-16-18-20-22-24-26-28-29-30-31-32-33-34-35-36-37-38-39-40-41-42-43-44-45-47-49-51-53-55-57-59-61-63-65-67-73(77)74-71(70-81-82(78,79)80-69-68-75(3,4)5)72(76)66-64-62-60-58-56-54-52-50-48-46-27-25-23-21-19-17-15-13-11-9-7-2/h36-37,48,50,56,58,64,66,71-72,76H,6-35,38-47,49,51-55,57,59-63,65,67-70H2,1-5H3,(H-,74,77,78,79)/b37-36-,50-48+,58-56+,66-64+. The topological polar surface area (TPSA) is 108 Å². The van der Waals surface area contributed by atoms with Gasteiger partial charge < -0.3 is 28.8 Å². The van der Waals surface area contributed by atoms with Crippen LogP contribution in [0.25, 0.3) is 0 Å². The maximum Gasteiger partial charge on any atom is 0.268 e. The van der Waals surface area contributed by atoms with Crippen molar-refractivity contribution in [2.75, 3.05) is 40.9 Å². The van der Waals surface area contributed by atoms with Gasteiger partial charge in [-0.15, -0.1) is 0 Å². The fourth-order valence-electron chi connectivity index (χ4n) is 10.9. The molecule has 0 aromatic carbocycles. The fourth-order valence-corrected chi connectivity index (χ4v) is 11.6. The Balaban J connectivity index is 3.98. The maximum absolute atomic E-state index is 13.0. The first-order valence-electron chi connectivity index (χ1n) is 36.0. The van der Waals surface area contributed by atoms with Crippen LogP contribution in [0, 0.1) is 0 Å². The van der Waals surface area contributed by atoms with Crippen LogP contribution in [0.1, 0.15) is 361 Å². The SMILES string of the molecule is CCCCCCCCCCCCC/C=C/CC/C=C/CC/C=C/C(O)C(COP(=O)([O-])OCC[N+](C)(C)C)NC(=O)CCCCCCCCCCCCCCCCCCC/C=C\CCCCCCCCCCCCCCCCCCCC. The number of carbonyl (C=O) groups is 1. The number of aliphatic hydroxyl groups is 1. The van der Waals surface area contributed by atoms with Gasteiger partial charge in [-0.2, -0.15) is 0 Å². The van der Waals surface area contributed by atoms with Gasteiger partial charge in [0.1, 0.15) is 13.2 Å². The fraction of sp³-hybridized carbons (Fsp3) is 0.877. The molecule has 2 N–H and O–H groups in total. The molecule has 0 saturated carbocycles. The Morgan fingerprint density at radius 1 is 0.415 bits per heavy atom. The summed E-state index contributed by atoms with van der Waals surface area (Å²) in [4.78, 5) is 25.6. The first-order valence-corrected chi connectivity index (χ1v) is 37.5. The van der Waals surface area contributed by atoms with Crippen LogP contribution in [0.4, 0.5) is 0 Å². The van der Waals surface area contributed by atoms with Crippen molar-refractivity contribution in [3.63, 3.8) is 0 Å². The van der Waals surface area contributed by atoms with Gasteiger partial charge in [0.2, 0.25) is 5.91 Å². The van der Waals surface area contributed by atoms with E-state index in [0.717, 1.165) is 44.9 Å². The molecule has 9 heteroatoms. The Bertz CT molecular complexity index is 1480. The molecule has 0 heterocycles. The molecule has 0 saturated heterocycles. The maximum atomic E-state index is 13.0. The predicted molar refractivity (Wildman–Crippen MR) is 358 cm³/mol. The van der Waals surface area contributed by atoms with Gasteiger partial charge in [0, 0.05) is 6.42 Å². The minimum absolute atomic E-state index is 0.00838. The number of phosphoric ester groups is 1. The highest BCUT2D eigenvalue weighted by molar-refractivity contribution is 7.45. The second-order valence-electron chi connectivity index (χ2n) is 25.9. The van der Waals surface area contributed by atoms with E-state index in [1.165, 1.54) is 295 Å². The van der Waals surface area contributed by atoms with Gasteiger partial charge in [0.05, 0.1) is 39.9 Å². The van der Waals surface area contributed by atoms with Crippen LogP contribution < -0.4 is 10.2 Å². The molecule has 0 fully saturated rings. The molecule has 82 heavy (non-hydrogen) atoms. The number of nitrogens with zero attached hydrogens (tertiary/aromatic N) is 1. The smallest absolute Gasteiger partial charge is 0.268 e. The van der Waals surface area contributed by atoms with Crippen LogP contribution in [0.3, 0.4) is 0 Å². The molecule has 3 unspecified atom stereocenters. The number of amides is 1. The van der Waals surface area contributed by atoms with Crippen molar-refractivity contribution in [1.82, 2.24) is 5.32 Å². The third kappa shape index (κ3) is 66.0. The van der Waals surface area contributed by atoms with E-state index in [4.69, 9.17) is 9.05 Å². The van der Waals surface area contributed by atoms with Crippen molar-refractivity contribution in [2.24, 2.45) is 0 Å². The van der Waals surface area contributed by atoms with Gasteiger partial charge in [-0.05, 0) is 70.6 Å². The lowest BCUT2D eigenvalue weighted by atomic mass is 10.0. The Labute approximate surface area is 511 Å². The normalized spacial score (nSPS) is 13.9. The molecular weight excluding hydrogens is 1030 g/mol. The molecule has 0 aliphatic rings. The molecule has 484 valence electrons.